The summed E-state index contributed by atoms with van der Waals surface area (Å²) in [6.07, 6.45) is 0.481. The Morgan fingerprint density at radius 1 is 1.10 bits per heavy atom. The summed E-state index contributed by atoms with van der Waals surface area (Å²) in [6, 6.07) is 15.4. The van der Waals surface area contributed by atoms with E-state index in [0.29, 0.717) is 18.7 Å². The molecule has 9 heteroatoms. The van der Waals surface area contributed by atoms with Crippen LogP contribution in [0.15, 0.2) is 54.6 Å². The molecule has 1 aromatic heterocycles. The molecule has 2 aromatic carbocycles. The molecule has 0 saturated carbocycles. The van der Waals surface area contributed by atoms with Crippen LogP contribution in [-0.4, -0.2) is 41.8 Å². The number of ether oxygens (including phenoxy) is 2. The third-order valence-corrected chi connectivity index (χ3v) is 4.36. The van der Waals surface area contributed by atoms with E-state index in [1.165, 1.54) is 12.1 Å². The Morgan fingerprint density at radius 2 is 1.81 bits per heavy atom. The number of alkyl halides is 2. The van der Waals surface area contributed by atoms with Crippen molar-refractivity contribution in [3.8, 4) is 17.0 Å². The van der Waals surface area contributed by atoms with E-state index in [0.717, 1.165) is 16.7 Å². The number of halogens is 2. The molecule has 0 bridgehead atoms. The molecule has 0 fully saturated rings. The zero-order valence-corrected chi connectivity index (χ0v) is 16.7. The Balaban J connectivity index is 1.40. The van der Waals surface area contributed by atoms with E-state index in [2.05, 4.69) is 20.3 Å². The highest BCUT2D eigenvalue weighted by Gasteiger charge is 2.14. The molecule has 0 aliphatic carbocycles. The fraction of sp³-hybridized carbons (Fsp3) is 0.227. The van der Waals surface area contributed by atoms with Crippen molar-refractivity contribution in [2.75, 3.05) is 13.2 Å². The summed E-state index contributed by atoms with van der Waals surface area (Å²) >= 11 is 0. The predicted octanol–water partition coefficient (Wildman–Crippen LogP) is 3.50. The zero-order chi connectivity index (χ0) is 22.2. The molecule has 0 unspecified atom stereocenters. The van der Waals surface area contributed by atoms with Crippen molar-refractivity contribution in [2.24, 2.45) is 0 Å². The van der Waals surface area contributed by atoms with Crippen molar-refractivity contribution in [1.82, 2.24) is 15.5 Å². The number of amides is 1. The van der Waals surface area contributed by atoms with Gasteiger partial charge in [0, 0.05) is 12.1 Å². The van der Waals surface area contributed by atoms with Crippen LogP contribution in [0.3, 0.4) is 0 Å². The van der Waals surface area contributed by atoms with E-state index >= 15 is 0 Å². The topological polar surface area (TPSA) is 93.3 Å². The van der Waals surface area contributed by atoms with E-state index in [1.54, 1.807) is 18.2 Å². The van der Waals surface area contributed by atoms with Crippen molar-refractivity contribution in [3.05, 3.63) is 71.4 Å². The number of carbonyl (C=O) groups is 2. The Hall–Kier alpha value is -3.75. The van der Waals surface area contributed by atoms with Gasteiger partial charge < -0.3 is 14.8 Å². The number of benzene rings is 2. The third-order valence-electron chi connectivity index (χ3n) is 4.36. The van der Waals surface area contributed by atoms with E-state index in [1.807, 2.05) is 31.2 Å². The van der Waals surface area contributed by atoms with Gasteiger partial charge in [0.15, 0.2) is 6.61 Å². The summed E-state index contributed by atoms with van der Waals surface area (Å²) < 4.78 is 33.5. The number of aromatic amines is 1. The van der Waals surface area contributed by atoms with Gasteiger partial charge in [-0.3, -0.25) is 9.89 Å². The molecule has 0 aliphatic heterocycles. The Kier molecular flexibility index (Phi) is 7.31. The summed E-state index contributed by atoms with van der Waals surface area (Å²) in [4.78, 5) is 24.0. The minimum Gasteiger partial charge on any atom is -0.451 e. The van der Waals surface area contributed by atoms with Crippen molar-refractivity contribution < 1.29 is 27.8 Å². The Bertz CT molecular complexity index is 1020. The number of aryl methyl sites for hydroxylation is 1. The second-order valence-corrected chi connectivity index (χ2v) is 6.73. The number of nitrogens with zero attached hydrogens (tertiary/aromatic N) is 1. The van der Waals surface area contributed by atoms with Crippen LogP contribution in [0.5, 0.6) is 5.75 Å². The first-order chi connectivity index (χ1) is 14.9. The van der Waals surface area contributed by atoms with Crippen LogP contribution in [0, 0.1) is 6.92 Å². The van der Waals surface area contributed by atoms with Crippen molar-refractivity contribution in [2.45, 2.75) is 20.0 Å². The lowest BCUT2D eigenvalue weighted by molar-refractivity contribution is -0.124. The molecule has 1 heterocycles. The number of hydrogen-bond acceptors (Lipinski definition) is 5. The fourth-order valence-corrected chi connectivity index (χ4v) is 2.74. The molecule has 2 N–H and O–H groups in total. The van der Waals surface area contributed by atoms with Gasteiger partial charge in [0.05, 0.1) is 5.69 Å². The smallest absolute Gasteiger partial charge is 0.387 e. The van der Waals surface area contributed by atoms with Crippen LogP contribution in [0.1, 0.15) is 21.6 Å². The Labute approximate surface area is 177 Å². The second kappa shape index (κ2) is 10.3. The maximum Gasteiger partial charge on any atom is 0.387 e. The van der Waals surface area contributed by atoms with Gasteiger partial charge in [-0.2, -0.15) is 13.9 Å². The Morgan fingerprint density at radius 3 is 2.48 bits per heavy atom. The SMILES string of the molecule is Cc1ccc(-c2cc(C(=O)OCC(=O)NCCc3ccc(OC(F)F)cc3)[nH]n2)cc1. The van der Waals surface area contributed by atoms with Crippen LogP contribution in [-0.2, 0) is 16.0 Å². The van der Waals surface area contributed by atoms with Crippen molar-refractivity contribution in [3.63, 3.8) is 0 Å². The summed E-state index contributed by atoms with van der Waals surface area (Å²) in [7, 11) is 0. The van der Waals surface area contributed by atoms with E-state index < -0.39 is 25.1 Å². The van der Waals surface area contributed by atoms with Crippen LogP contribution >= 0.6 is 0 Å². The monoisotopic (exact) mass is 429 g/mol. The fourth-order valence-electron chi connectivity index (χ4n) is 2.74. The first-order valence-electron chi connectivity index (χ1n) is 9.51. The minimum absolute atomic E-state index is 0.0686. The van der Waals surface area contributed by atoms with Gasteiger partial charge in [0.25, 0.3) is 5.91 Å². The van der Waals surface area contributed by atoms with Gasteiger partial charge in [0.1, 0.15) is 11.4 Å². The maximum absolute atomic E-state index is 12.1. The maximum atomic E-state index is 12.1. The molecule has 0 saturated heterocycles. The number of H-pyrrole nitrogens is 1. The summed E-state index contributed by atoms with van der Waals surface area (Å²) in [6.45, 7) is -1.03. The molecular formula is C22H21F2N3O4. The average molecular weight is 429 g/mol. The van der Waals surface area contributed by atoms with Gasteiger partial charge >= 0.3 is 12.6 Å². The highest BCUT2D eigenvalue weighted by atomic mass is 19.3. The van der Waals surface area contributed by atoms with Gasteiger partial charge in [0.2, 0.25) is 0 Å². The summed E-state index contributed by atoms with van der Waals surface area (Å²) in [5, 5.41) is 9.33. The van der Waals surface area contributed by atoms with E-state index in [4.69, 9.17) is 4.74 Å². The number of carbonyl (C=O) groups excluding carboxylic acids is 2. The first kappa shape index (κ1) is 21.9. The first-order valence-corrected chi connectivity index (χ1v) is 9.51. The highest BCUT2D eigenvalue weighted by molar-refractivity contribution is 5.90. The quantitative estimate of drug-likeness (QED) is 0.508. The molecule has 1 amide bonds. The number of esters is 1. The average Bonchev–Trinajstić information content (AvgIpc) is 3.24. The molecule has 0 radical (unpaired) electrons. The molecule has 3 aromatic rings. The van der Waals surface area contributed by atoms with Crippen LogP contribution in [0.25, 0.3) is 11.3 Å². The summed E-state index contributed by atoms with van der Waals surface area (Å²) in [5.74, 6) is -1.07. The zero-order valence-electron chi connectivity index (χ0n) is 16.7. The molecule has 0 aliphatic rings. The van der Waals surface area contributed by atoms with Crippen LogP contribution in [0.4, 0.5) is 8.78 Å². The largest absolute Gasteiger partial charge is 0.451 e. The van der Waals surface area contributed by atoms with Gasteiger partial charge in [-0.1, -0.05) is 42.0 Å². The predicted molar refractivity (Wildman–Crippen MR) is 109 cm³/mol. The molecule has 0 spiro atoms. The third kappa shape index (κ3) is 6.63. The highest BCUT2D eigenvalue weighted by Crippen LogP contribution is 2.18. The lowest BCUT2D eigenvalue weighted by Crippen LogP contribution is -2.30. The van der Waals surface area contributed by atoms with Crippen LogP contribution in [0.2, 0.25) is 0 Å². The molecule has 3 rings (SSSR count). The molecule has 162 valence electrons. The molecule has 0 atom stereocenters. The lowest BCUT2D eigenvalue weighted by Gasteiger charge is -2.07. The second-order valence-electron chi connectivity index (χ2n) is 6.73. The molecule has 31 heavy (non-hydrogen) atoms. The number of aromatic nitrogens is 2. The molecular weight excluding hydrogens is 408 g/mol. The van der Waals surface area contributed by atoms with Gasteiger partial charge in [-0.05, 0) is 37.1 Å². The van der Waals surface area contributed by atoms with Crippen LogP contribution < -0.4 is 10.1 Å². The standard InChI is InChI=1S/C22H21F2N3O4/c1-14-2-6-16(7-3-14)18-12-19(27-26-18)21(29)30-13-20(28)25-11-10-15-4-8-17(9-5-15)31-22(23)24/h2-9,12,22H,10-11,13H2,1H3,(H,25,28)(H,26,27). The minimum atomic E-state index is -2.87. The number of rotatable bonds is 9. The van der Waals surface area contributed by atoms with Crippen molar-refractivity contribution in [1.29, 1.82) is 0 Å². The number of hydrogen-bond donors (Lipinski definition) is 2. The molecule has 7 nitrogen and oxygen atoms in total. The summed E-state index contributed by atoms with van der Waals surface area (Å²) in [5.41, 5.74) is 3.55. The van der Waals surface area contributed by atoms with Gasteiger partial charge in [-0.25, -0.2) is 4.79 Å². The number of nitrogens with one attached hydrogen (secondary N) is 2. The van der Waals surface area contributed by atoms with E-state index in [9.17, 15) is 18.4 Å². The van der Waals surface area contributed by atoms with Crippen molar-refractivity contribution >= 4 is 11.9 Å². The van der Waals surface area contributed by atoms with Gasteiger partial charge in [-0.15, -0.1) is 0 Å². The van der Waals surface area contributed by atoms with E-state index in [-0.39, 0.29) is 11.4 Å². The normalized spacial score (nSPS) is 10.7. The lowest BCUT2D eigenvalue weighted by atomic mass is 10.1.